The zero-order chi connectivity index (χ0) is 17.1. The summed E-state index contributed by atoms with van der Waals surface area (Å²) in [5.74, 6) is 1.22. The predicted molar refractivity (Wildman–Crippen MR) is 96.2 cm³/mol. The van der Waals surface area contributed by atoms with Crippen LogP contribution in [0.1, 0.15) is 43.6 Å². The molecule has 0 spiro atoms. The van der Waals surface area contributed by atoms with Gasteiger partial charge in [-0.15, -0.1) is 0 Å². The summed E-state index contributed by atoms with van der Waals surface area (Å²) >= 11 is 6.50. The van der Waals surface area contributed by atoms with Crippen LogP contribution in [0.4, 0.5) is 17.2 Å². The first kappa shape index (κ1) is 16.7. The van der Waals surface area contributed by atoms with Gasteiger partial charge in [0.25, 0.3) is 5.69 Å². The Bertz CT molecular complexity index is 728. The lowest BCUT2D eigenvalue weighted by atomic mass is 9.84. The molecular formula is C18H20ClN3O2. The molecule has 1 heterocycles. The largest absolute Gasteiger partial charge is 0.328 e. The van der Waals surface area contributed by atoms with Crippen LogP contribution in [0.2, 0.25) is 5.02 Å². The summed E-state index contributed by atoms with van der Waals surface area (Å²) in [6, 6.07) is 9.27. The normalized spacial score (nSPS) is 15.2. The van der Waals surface area contributed by atoms with Crippen molar-refractivity contribution in [3.05, 3.63) is 57.2 Å². The summed E-state index contributed by atoms with van der Waals surface area (Å²) < 4.78 is 0. The number of hydrogen-bond acceptors (Lipinski definition) is 4. The lowest BCUT2D eigenvalue weighted by Gasteiger charge is -2.24. The van der Waals surface area contributed by atoms with Crippen LogP contribution in [0.25, 0.3) is 0 Å². The SMILES string of the molecule is CN(c1ccc([N+](=O)[O-])cn1)c1ccc(C2CCCCC2)cc1Cl. The van der Waals surface area contributed by atoms with Crippen molar-refractivity contribution in [2.24, 2.45) is 0 Å². The van der Waals surface area contributed by atoms with Crippen LogP contribution in [-0.4, -0.2) is 17.0 Å². The van der Waals surface area contributed by atoms with Crippen LogP contribution >= 0.6 is 11.6 Å². The maximum atomic E-state index is 10.7. The summed E-state index contributed by atoms with van der Waals surface area (Å²) in [5.41, 5.74) is 2.12. The highest BCUT2D eigenvalue weighted by atomic mass is 35.5. The molecule has 0 unspecified atom stereocenters. The molecule has 6 heteroatoms. The fourth-order valence-electron chi connectivity index (χ4n) is 3.29. The number of aromatic nitrogens is 1. The number of halogens is 1. The van der Waals surface area contributed by atoms with Crippen LogP contribution in [0.15, 0.2) is 36.5 Å². The van der Waals surface area contributed by atoms with Crippen LogP contribution in [0.5, 0.6) is 0 Å². The van der Waals surface area contributed by atoms with Crippen LogP contribution in [0, 0.1) is 10.1 Å². The van der Waals surface area contributed by atoms with E-state index in [1.165, 1.54) is 49.9 Å². The van der Waals surface area contributed by atoms with Gasteiger partial charge in [0.1, 0.15) is 12.0 Å². The fraction of sp³-hybridized carbons (Fsp3) is 0.389. The molecule has 0 saturated heterocycles. The van der Waals surface area contributed by atoms with Crippen molar-refractivity contribution in [1.82, 2.24) is 4.98 Å². The van der Waals surface area contributed by atoms with E-state index in [2.05, 4.69) is 17.1 Å². The third-order valence-electron chi connectivity index (χ3n) is 4.70. The molecule has 1 fully saturated rings. The van der Waals surface area contributed by atoms with E-state index in [9.17, 15) is 10.1 Å². The highest BCUT2D eigenvalue weighted by molar-refractivity contribution is 6.33. The molecule has 126 valence electrons. The van der Waals surface area contributed by atoms with Gasteiger partial charge >= 0.3 is 0 Å². The number of rotatable bonds is 4. The first-order chi connectivity index (χ1) is 11.6. The predicted octanol–water partition coefficient (Wildman–Crippen LogP) is 5.46. The van der Waals surface area contributed by atoms with E-state index in [-0.39, 0.29) is 5.69 Å². The zero-order valence-corrected chi connectivity index (χ0v) is 14.4. The molecule has 0 atom stereocenters. The number of pyridine rings is 1. The summed E-state index contributed by atoms with van der Waals surface area (Å²) in [7, 11) is 1.86. The molecule has 3 rings (SSSR count). The average molecular weight is 346 g/mol. The van der Waals surface area contributed by atoms with Gasteiger partial charge < -0.3 is 4.90 Å². The second-order valence-electron chi connectivity index (χ2n) is 6.24. The Morgan fingerprint density at radius 2 is 1.96 bits per heavy atom. The van der Waals surface area contributed by atoms with Gasteiger partial charge in [-0.2, -0.15) is 0 Å². The van der Waals surface area contributed by atoms with Crippen molar-refractivity contribution in [2.75, 3.05) is 11.9 Å². The molecular weight excluding hydrogens is 326 g/mol. The summed E-state index contributed by atoms with van der Waals surface area (Å²) in [4.78, 5) is 16.3. The molecule has 1 aliphatic carbocycles. The maximum absolute atomic E-state index is 10.7. The maximum Gasteiger partial charge on any atom is 0.287 e. The van der Waals surface area contributed by atoms with E-state index in [1.54, 1.807) is 6.07 Å². The quantitative estimate of drug-likeness (QED) is 0.545. The Balaban J connectivity index is 1.81. The molecule has 24 heavy (non-hydrogen) atoms. The van der Waals surface area contributed by atoms with Crippen LogP contribution in [-0.2, 0) is 0 Å². The van der Waals surface area contributed by atoms with Gasteiger partial charge in [-0.25, -0.2) is 4.98 Å². The molecule has 1 aromatic heterocycles. The molecule has 1 saturated carbocycles. The third-order valence-corrected chi connectivity index (χ3v) is 5.00. The van der Waals surface area contributed by atoms with Crippen LogP contribution < -0.4 is 4.90 Å². The smallest absolute Gasteiger partial charge is 0.287 e. The molecule has 0 aliphatic heterocycles. The molecule has 1 aromatic carbocycles. The second-order valence-corrected chi connectivity index (χ2v) is 6.64. The summed E-state index contributed by atoms with van der Waals surface area (Å²) in [5, 5.41) is 11.4. The van der Waals surface area contributed by atoms with Gasteiger partial charge in [0, 0.05) is 13.1 Å². The molecule has 2 aromatic rings. The van der Waals surface area contributed by atoms with Crippen molar-refractivity contribution in [3.8, 4) is 0 Å². The van der Waals surface area contributed by atoms with Crippen molar-refractivity contribution in [1.29, 1.82) is 0 Å². The minimum Gasteiger partial charge on any atom is -0.328 e. The number of nitro groups is 1. The molecule has 1 aliphatic rings. The van der Waals surface area contributed by atoms with E-state index in [0.29, 0.717) is 16.8 Å². The number of nitrogens with zero attached hydrogens (tertiary/aromatic N) is 3. The Kier molecular flexibility index (Phi) is 5.00. The molecule has 0 amide bonds. The van der Waals surface area contributed by atoms with Crippen molar-refractivity contribution >= 4 is 28.8 Å². The van der Waals surface area contributed by atoms with Gasteiger partial charge in [0.05, 0.1) is 15.6 Å². The Morgan fingerprint density at radius 3 is 2.54 bits per heavy atom. The molecule has 5 nitrogen and oxygen atoms in total. The second kappa shape index (κ2) is 7.18. The molecule has 0 bridgehead atoms. The van der Waals surface area contributed by atoms with Gasteiger partial charge in [-0.3, -0.25) is 10.1 Å². The van der Waals surface area contributed by atoms with Gasteiger partial charge in [-0.05, 0) is 42.5 Å². The Labute approximate surface area is 146 Å². The summed E-state index contributed by atoms with van der Waals surface area (Å²) in [6.07, 6.45) is 7.63. The van der Waals surface area contributed by atoms with Gasteiger partial charge in [-0.1, -0.05) is 36.9 Å². The fourth-order valence-corrected chi connectivity index (χ4v) is 3.61. The van der Waals surface area contributed by atoms with E-state index < -0.39 is 4.92 Å². The van der Waals surface area contributed by atoms with E-state index >= 15 is 0 Å². The van der Waals surface area contributed by atoms with E-state index in [4.69, 9.17) is 11.6 Å². The summed E-state index contributed by atoms with van der Waals surface area (Å²) in [6.45, 7) is 0. The first-order valence-electron chi connectivity index (χ1n) is 8.20. The topological polar surface area (TPSA) is 59.3 Å². The highest BCUT2D eigenvalue weighted by Crippen LogP contribution is 2.37. The van der Waals surface area contributed by atoms with Crippen molar-refractivity contribution in [3.63, 3.8) is 0 Å². The zero-order valence-electron chi connectivity index (χ0n) is 13.6. The lowest BCUT2D eigenvalue weighted by molar-refractivity contribution is -0.385. The molecule has 0 N–H and O–H groups in total. The Hall–Kier alpha value is -2.14. The molecule has 0 radical (unpaired) electrons. The van der Waals surface area contributed by atoms with Crippen molar-refractivity contribution in [2.45, 2.75) is 38.0 Å². The highest BCUT2D eigenvalue weighted by Gasteiger charge is 2.18. The number of hydrogen-bond donors (Lipinski definition) is 0. The average Bonchev–Trinajstić information content (AvgIpc) is 2.62. The van der Waals surface area contributed by atoms with Crippen molar-refractivity contribution < 1.29 is 4.92 Å². The third kappa shape index (κ3) is 3.51. The minimum absolute atomic E-state index is 0.0223. The lowest BCUT2D eigenvalue weighted by Crippen LogP contribution is -2.12. The monoisotopic (exact) mass is 345 g/mol. The van der Waals surface area contributed by atoms with Gasteiger partial charge in [0.15, 0.2) is 0 Å². The minimum atomic E-state index is -0.456. The van der Waals surface area contributed by atoms with E-state index in [0.717, 1.165) is 5.69 Å². The van der Waals surface area contributed by atoms with Gasteiger partial charge in [0.2, 0.25) is 0 Å². The van der Waals surface area contributed by atoms with Crippen LogP contribution in [0.3, 0.4) is 0 Å². The first-order valence-corrected chi connectivity index (χ1v) is 8.57. The van der Waals surface area contributed by atoms with E-state index in [1.807, 2.05) is 18.0 Å². The number of anilines is 2. The standard InChI is InChI=1S/C18H20ClN3O2/c1-21(18-10-8-15(12-20-18)22(23)24)17-9-7-14(11-16(17)19)13-5-3-2-4-6-13/h7-13H,2-6H2,1H3. The Morgan fingerprint density at radius 1 is 1.21 bits per heavy atom. The number of benzene rings is 1.